The molecule has 0 aromatic heterocycles. The van der Waals surface area contributed by atoms with Crippen molar-refractivity contribution in [3.63, 3.8) is 0 Å². The summed E-state index contributed by atoms with van der Waals surface area (Å²) in [6, 6.07) is 0. The molecule has 0 amide bonds. The number of nitrogens with zero attached hydrogens (tertiary/aromatic N) is 1. The van der Waals surface area contributed by atoms with Crippen molar-refractivity contribution in [3.05, 3.63) is 0 Å². The van der Waals surface area contributed by atoms with Crippen LogP contribution in [0.25, 0.3) is 0 Å². The molecule has 0 aromatic rings. The van der Waals surface area contributed by atoms with Crippen molar-refractivity contribution in [2.24, 2.45) is 0 Å². The van der Waals surface area contributed by atoms with E-state index in [1.54, 1.807) is 0 Å². The molecule has 0 aromatic carbocycles. The molecule has 0 spiro atoms. The van der Waals surface area contributed by atoms with Crippen LogP contribution in [0.4, 0.5) is 0 Å². The van der Waals surface area contributed by atoms with E-state index in [2.05, 4.69) is 15.6 Å². The first-order valence-electron chi connectivity index (χ1n) is 1.81. The van der Waals surface area contributed by atoms with Crippen LogP contribution in [0.3, 0.4) is 0 Å². The van der Waals surface area contributed by atoms with E-state index >= 15 is 0 Å². The Balaban J connectivity index is 3.26. The zero-order chi connectivity index (χ0) is 5.15. The van der Waals surface area contributed by atoms with E-state index < -0.39 is 0 Å². The fourth-order valence-corrected chi connectivity index (χ4v) is 0. The van der Waals surface area contributed by atoms with Crippen LogP contribution in [0, 0.1) is 0 Å². The van der Waals surface area contributed by atoms with Crippen molar-refractivity contribution >= 4 is 4.54 Å². The molecular formula is C4H9MnN. The van der Waals surface area contributed by atoms with Gasteiger partial charge in [-0.15, -0.1) is 0 Å². The molecule has 2 heteroatoms. The van der Waals surface area contributed by atoms with E-state index in [0.717, 1.165) is 4.54 Å². The van der Waals surface area contributed by atoms with Crippen LogP contribution in [-0.4, -0.2) is 23.5 Å². The molecule has 0 aliphatic carbocycles. The third kappa shape index (κ3) is 2.58. The van der Waals surface area contributed by atoms with Gasteiger partial charge >= 0.3 is 46.0 Å². The molecule has 0 saturated heterocycles. The molecule has 0 unspecified atom stereocenters. The van der Waals surface area contributed by atoms with Gasteiger partial charge in [-0.2, -0.15) is 0 Å². The molecule has 0 aliphatic heterocycles. The van der Waals surface area contributed by atoms with Gasteiger partial charge in [0.15, 0.2) is 0 Å². The summed E-state index contributed by atoms with van der Waals surface area (Å²) >= 11 is 3.28. The van der Waals surface area contributed by atoms with Crippen molar-refractivity contribution in [2.75, 3.05) is 14.1 Å². The fourth-order valence-electron chi connectivity index (χ4n) is 0. The van der Waals surface area contributed by atoms with Crippen LogP contribution in [0.5, 0.6) is 0 Å². The Hall–Kier alpha value is 0.349. The Morgan fingerprint density at radius 2 is 1.67 bits per heavy atom. The van der Waals surface area contributed by atoms with Gasteiger partial charge in [0.25, 0.3) is 0 Å². The molecule has 0 fully saturated rings. The van der Waals surface area contributed by atoms with Crippen LogP contribution < -0.4 is 0 Å². The first-order chi connectivity index (χ1) is 2.64. The third-order valence-electron chi connectivity index (χ3n) is 0.616. The minimum atomic E-state index is 1.16. The zero-order valence-electron chi connectivity index (χ0n) is 4.33. The fraction of sp³-hybridized carbons (Fsp3) is 0.750. The predicted molar refractivity (Wildman–Crippen MR) is 24.4 cm³/mol. The van der Waals surface area contributed by atoms with Crippen LogP contribution in [0.15, 0.2) is 0 Å². The predicted octanol–water partition coefficient (Wildman–Crippen LogP) is 0.245. The quantitative estimate of drug-likeness (QED) is 0.455. The van der Waals surface area contributed by atoms with Crippen LogP contribution in [0.2, 0.25) is 0 Å². The second-order valence-corrected chi connectivity index (χ2v) is 2.25. The van der Waals surface area contributed by atoms with Crippen LogP contribution >= 0.6 is 0 Å². The maximum absolute atomic E-state index is 3.28. The normalized spacial score (nSPS) is 9.33. The summed E-state index contributed by atoms with van der Waals surface area (Å²) in [5.41, 5.74) is 0. The minimum absolute atomic E-state index is 1.16. The van der Waals surface area contributed by atoms with Gasteiger partial charge in [0.05, 0.1) is 0 Å². The van der Waals surface area contributed by atoms with Gasteiger partial charge in [0.2, 0.25) is 0 Å². The van der Waals surface area contributed by atoms with Crippen molar-refractivity contribution in [3.8, 4) is 0 Å². The van der Waals surface area contributed by atoms with Gasteiger partial charge in [-0.05, 0) is 0 Å². The van der Waals surface area contributed by atoms with E-state index in [4.69, 9.17) is 0 Å². The van der Waals surface area contributed by atoms with Gasteiger partial charge in [-0.3, -0.25) is 0 Å². The van der Waals surface area contributed by atoms with Gasteiger partial charge in [0, 0.05) is 0 Å². The van der Waals surface area contributed by atoms with Gasteiger partial charge in [0.1, 0.15) is 0 Å². The van der Waals surface area contributed by atoms with Crippen molar-refractivity contribution < 1.29 is 15.6 Å². The van der Waals surface area contributed by atoms with Crippen molar-refractivity contribution in [1.82, 2.24) is 4.90 Å². The summed E-state index contributed by atoms with van der Waals surface area (Å²) in [7, 11) is 3.98. The molecule has 0 bridgehead atoms. The molecule has 0 rings (SSSR count). The molecule has 0 aliphatic rings. The Morgan fingerprint density at radius 1 is 1.50 bits per heavy atom. The first kappa shape index (κ1) is 6.35. The summed E-state index contributed by atoms with van der Waals surface area (Å²) < 4.78 is 1.16. The molecule has 0 N–H and O–H groups in total. The average Bonchev–Trinajstić information content (AvgIpc) is 1.36. The Bertz CT molecular complexity index is 58.6. The molecule has 1 nitrogen and oxygen atoms in total. The summed E-state index contributed by atoms with van der Waals surface area (Å²) in [4.78, 5) is 2.00. The number of hydrogen-bond acceptors (Lipinski definition) is 1. The third-order valence-corrected chi connectivity index (χ3v) is 1.14. The van der Waals surface area contributed by atoms with Crippen molar-refractivity contribution in [1.29, 1.82) is 0 Å². The number of rotatable bonds is 1. The van der Waals surface area contributed by atoms with Crippen molar-refractivity contribution in [2.45, 2.75) is 6.92 Å². The molecule has 37 valence electrons. The topological polar surface area (TPSA) is 3.24 Å². The monoisotopic (exact) mass is 126 g/mol. The van der Waals surface area contributed by atoms with Crippen LogP contribution in [-0.2, 0) is 15.6 Å². The second-order valence-electron chi connectivity index (χ2n) is 1.39. The molecule has 0 radical (unpaired) electrons. The first-order valence-corrected chi connectivity index (χ1v) is 2.40. The summed E-state index contributed by atoms with van der Waals surface area (Å²) in [5, 5.41) is 0. The van der Waals surface area contributed by atoms with Gasteiger partial charge in [-0.25, -0.2) is 0 Å². The SMILES string of the molecule is C[C](=[Mn])N(C)C. The second kappa shape index (κ2) is 2.51. The maximum atomic E-state index is 3.28. The Morgan fingerprint density at radius 3 is 1.67 bits per heavy atom. The zero-order valence-corrected chi connectivity index (χ0v) is 5.51. The summed E-state index contributed by atoms with van der Waals surface area (Å²) in [6.07, 6.45) is 0. The molecule has 0 atom stereocenters. The Kier molecular flexibility index (Phi) is 2.66. The summed E-state index contributed by atoms with van der Waals surface area (Å²) in [6.45, 7) is 2.00. The van der Waals surface area contributed by atoms with Crippen LogP contribution in [0.1, 0.15) is 6.92 Å². The van der Waals surface area contributed by atoms with E-state index in [1.807, 2.05) is 25.9 Å². The number of hydrogen-bond donors (Lipinski definition) is 0. The van der Waals surface area contributed by atoms with E-state index in [9.17, 15) is 0 Å². The Labute approximate surface area is 46.7 Å². The molecular weight excluding hydrogens is 117 g/mol. The van der Waals surface area contributed by atoms with E-state index in [0.29, 0.717) is 0 Å². The van der Waals surface area contributed by atoms with E-state index in [1.165, 1.54) is 0 Å². The average molecular weight is 126 g/mol. The standard InChI is InChI=1S/C4H9N.Mn/c1-4-5(2)3;/h1-3H3;. The van der Waals surface area contributed by atoms with E-state index in [-0.39, 0.29) is 0 Å². The van der Waals surface area contributed by atoms with Gasteiger partial charge < -0.3 is 0 Å². The van der Waals surface area contributed by atoms with Gasteiger partial charge in [-0.1, -0.05) is 0 Å². The summed E-state index contributed by atoms with van der Waals surface area (Å²) in [5.74, 6) is 0. The molecule has 6 heavy (non-hydrogen) atoms. The molecule has 0 saturated carbocycles. The molecule has 0 heterocycles.